The third-order valence-corrected chi connectivity index (χ3v) is 5.50. The van der Waals surface area contributed by atoms with Crippen molar-refractivity contribution in [1.82, 2.24) is 4.98 Å². The number of aryl methyl sites for hydroxylation is 2. The summed E-state index contributed by atoms with van der Waals surface area (Å²) in [5.74, 6) is -0.330. The zero-order valence-corrected chi connectivity index (χ0v) is 16.9. The summed E-state index contributed by atoms with van der Waals surface area (Å²) in [6, 6.07) is 15.6. The first kappa shape index (κ1) is 19.2. The van der Waals surface area contributed by atoms with Crippen molar-refractivity contribution in [1.29, 1.82) is 0 Å². The first-order chi connectivity index (χ1) is 14.1. The van der Waals surface area contributed by atoms with Crippen LogP contribution in [0.25, 0.3) is 16.5 Å². The minimum Gasteiger partial charge on any atom is -0.463 e. The number of carbonyl (C=O) groups excluding carboxylic acids is 1. The van der Waals surface area contributed by atoms with E-state index in [2.05, 4.69) is 4.98 Å². The second kappa shape index (κ2) is 8.08. The van der Waals surface area contributed by atoms with Crippen molar-refractivity contribution in [3.8, 4) is 0 Å². The molecule has 3 aromatic rings. The van der Waals surface area contributed by atoms with E-state index in [1.165, 1.54) is 0 Å². The molecule has 0 amide bonds. The van der Waals surface area contributed by atoms with Crippen LogP contribution in [0.5, 0.6) is 0 Å². The Kier molecular flexibility index (Phi) is 5.34. The third kappa shape index (κ3) is 3.63. The average Bonchev–Trinajstić information content (AvgIpc) is 2.71. The Bertz CT molecular complexity index is 1150. The Labute approximate surface area is 170 Å². The maximum atomic E-state index is 13.6. The van der Waals surface area contributed by atoms with Crippen LogP contribution in [-0.4, -0.2) is 17.6 Å². The highest BCUT2D eigenvalue weighted by Crippen LogP contribution is 2.34. The normalized spacial score (nSPS) is 14.3. The Morgan fingerprint density at radius 3 is 2.52 bits per heavy atom. The van der Waals surface area contributed by atoms with Crippen LogP contribution in [-0.2, 0) is 16.0 Å². The number of carbonyl (C=O) groups is 1. The van der Waals surface area contributed by atoms with Crippen molar-refractivity contribution in [2.75, 3.05) is 6.61 Å². The van der Waals surface area contributed by atoms with Gasteiger partial charge in [-0.05, 0) is 57.2 Å². The number of hydrogen-bond donors (Lipinski definition) is 1. The summed E-state index contributed by atoms with van der Waals surface area (Å²) < 4.78 is 5.39. The number of pyridine rings is 1. The zero-order chi connectivity index (χ0) is 20.4. The summed E-state index contributed by atoms with van der Waals surface area (Å²) in [4.78, 5) is 30.0. The van der Waals surface area contributed by atoms with E-state index in [4.69, 9.17) is 4.74 Å². The largest absolute Gasteiger partial charge is 0.463 e. The van der Waals surface area contributed by atoms with Crippen molar-refractivity contribution in [3.05, 3.63) is 86.7 Å². The summed E-state index contributed by atoms with van der Waals surface area (Å²) in [6.07, 6.45) is 3.16. The number of esters is 1. The highest BCUT2D eigenvalue weighted by Gasteiger charge is 2.26. The van der Waals surface area contributed by atoms with Gasteiger partial charge in [-0.3, -0.25) is 4.79 Å². The molecule has 2 aromatic carbocycles. The maximum Gasteiger partial charge on any atom is 0.334 e. The molecular weight excluding hydrogens is 362 g/mol. The molecule has 1 heterocycles. The summed E-state index contributed by atoms with van der Waals surface area (Å²) in [5, 5.41) is 0.639. The number of ether oxygens (including phenoxy) is 1. The monoisotopic (exact) mass is 387 g/mol. The molecule has 0 bridgehead atoms. The van der Waals surface area contributed by atoms with Gasteiger partial charge in [-0.15, -0.1) is 0 Å². The standard InChI is InChI=1S/C25H25NO3/c1-3-29-25(28)19-9-5-7-11-21-23(22(19)17-14-12-16(2)13-15-17)24(27)18-8-4-6-10-20(18)26-21/h4,6,8,10,12-15H,3,5,7,9,11H2,1-2H3,(H,26,27). The fraction of sp³-hybridized carbons (Fsp3) is 0.280. The molecule has 0 saturated carbocycles. The van der Waals surface area contributed by atoms with Gasteiger partial charge in [0.05, 0.1) is 12.2 Å². The van der Waals surface area contributed by atoms with Crippen LogP contribution in [0.15, 0.2) is 58.9 Å². The minimum absolute atomic E-state index is 0.0337. The molecule has 4 heteroatoms. The third-order valence-electron chi connectivity index (χ3n) is 5.50. The molecule has 148 valence electrons. The second-order valence-electron chi connectivity index (χ2n) is 7.50. The summed E-state index contributed by atoms with van der Waals surface area (Å²) in [7, 11) is 0. The fourth-order valence-corrected chi connectivity index (χ4v) is 4.08. The van der Waals surface area contributed by atoms with E-state index < -0.39 is 0 Å². The second-order valence-corrected chi connectivity index (χ2v) is 7.50. The molecule has 1 aromatic heterocycles. The predicted molar refractivity (Wildman–Crippen MR) is 116 cm³/mol. The van der Waals surface area contributed by atoms with Gasteiger partial charge in [0.25, 0.3) is 0 Å². The molecule has 29 heavy (non-hydrogen) atoms. The topological polar surface area (TPSA) is 59.2 Å². The number of rotatable bonds is 3. The van der Waals surface area contributed by atoms with Gasteiger partial charge < -0.3 is 9.72 Å². The average molecular weight is 387 g/mol. The van der Waals surface area contributed by atoms with E-state index in [0.29, 0.717) is 35.1 Å². The predicted octanol–water partition coefficient (Wildman–Crippen LogP) is 4.93. The van der Waals surface area contributed by atoms with E-state index >= 15 is 0 Å². The summed E-state index contributed by atoms with van der Waals surface area (Å²) in [6.45, 7) is 4.14. The molecule has 0 spiro atoms. The quantitative estimate of drug-likeness (QED) is 0.649. The minimum atomic E-state index is -0.330. The lowest BCUT2D eigenvalue weighted by Gasteiger charge is -2.21. The molecule has 0 aliphatic heterocycles. The first-order valence-electron chi connectivity index (χ1n) is 10.2. The number of fused-ring (bicyclic) bond motifs is 2. The summed E-state index contributed by atoms with van der Waals surface area (Å²) in [5.41, 5.74) is 5.61. The van der Waals surface area contributed by atoms with Crippen molar-refractivity contribution < 1.29 is 9.53 Å². The molecular formula is C25H25NO3. The Morgan fingerprint density at radius 1 is 1.03 bits per heavy atom. The van der Waals surface area contributed by atoms with Crippen LogP contribution in [0.1, 0.15) is 48.6 Å². The zero-order valence-electron chi connectivity index (χ0n) is 16.9. The lowest BCUT2D eigenvalue weighted by molar-refractivity contribution is -0.138. The Balaban J connectivity index is 2.09. The van der Waals surface area contributed by atoms with Gasteiger partial charge in [0.1, 0.15) is 0 Å². The van der Waals surface area contributed by atoms with Crippen molar-refractivity contribution in [2.24, 2.45) is 0 Å². The van der Waals surface area contributed by atoms with Gasteiger partial charge in [0.2, 0.25) is 0 Å². The number of para-hydroxylation sites is 1. The van der Waals surface area contributed by atoms with Gasteiger partial charge in [0.15, 0.2) is 5.43 Å². The highest BCUT2D eigenvalue weighted by molar-refractivity contribution is 6.03. The summed E-state index contributed by atoms with van der Waals surface area (Å²) >= 11 is 0. The number of hydrogen-bond acceptors (Lipinski definition) is 3. The van der Waals surface area contributed by atoms with Crippen molar-refractivity contribution in [2.45, 2.75) is 39.5 Å². The molecule has 4 rings (SSSR count). The molecule has 0 fully saturated rings. The van der Waals surface area contributed by atoms with Crippen LogP contribution < -0.4 is 5.43 Å². The van der Waals surface area contributed by atoms with Crippen LogP contribution in [0, 0.1) is 6.92 Å². The highest BCUT2D eigenvalue weighted by atomic mass is 16.5. The van der Waals surface area contributed by atoms with Crippen LogP contribution in [0.3, 0.4) is 0 Å². The van der Waals surface area contributed by atoms with E-state index in [1.54, 1.807) is 6.92 Å². The Hall–Kier alpha value is -3.14. The van der Waals surface area contributed by atoms with E-state index in [9.17, 15) is 9.59 Å². The van der Waals surface area contributed by atoms with E-state index in [0.717, 1.165) is 41.6 Å². The van der Waals surface area contributed by atoms with Gasteiger partial charge in [-0.25, -0.2) is 4.79 Å². The molecule has 0 saturated heterocycles. The molecule has 1 N–H and O–H groups in total. The lowest BCUT2D eigenvalue weighted by atomic mass is 9.85. The van der Waals surface area contributed by atoms with Crippen LogP contribution >= 0.6 is 0 Å². The molecule has 0 radical (unpaired) electrons. The number of nitrogens with one attached hydrogen (secondary N) is 1. The van der Waals surface area contributed by atoms with Crippen molar-refractivity contribution >= 4 is 22.4 Å². The van der Waals surface area contributed by atoms with Gasteiger partial charge in [-0.1, -0.05) is 42.0 Å². The fourth-order valence-electron chi connectivity index (χ4n) is 4.08. The lowest BCUT2D eigenvalue weighted by Crippen LogP contribution is -2.20. The van der Waals surface area contributed by atoms with E-state index in [-0.39, 0.29) is 11.4 Å². The number of benzene rings is 2. The van der Waals surface area contributed by atoms with Crippen LogP contribution in [0.2, 0.25) is 0 Å². The molecule has 1 aliphatic rings. The smallest absolute Gasteiger partial charge is 0.334 e. The number of aromatic nitrogens is 1. The molecule has 1 aliphatic carbocycles. The number of H-pyrrole nitrogens is 1. The maximum absolute atomic E-state index is 13.6. The van der Waals surface area contributed by atoms with Gasteiger partial charge >= 0.3 is 5.97 Å². The van der Waals surface area contributed by atoms with Crippen LogP contribution in [0.4, 0.5) is 0 Å². The number of aromatic amines is 1. The first-order valence-corrected chi connectivity index (χ1v) is 10.2. The van der Waals surface area contributed by atoms with Gasteiger partial charge in [0, 0.05) is 27.7 Å². The molecule has 0 unspecified atom stereocenters. The van der Waals surface area contributed by atoms with Crippen molar-refractivity contribution in [3.63, 3.8) is 0 Å². The molecule has 4 nitrogen and oxygen atoms in total. The van der Waals surface area contributed by atoms with Gasteiger partial charge in [-0.2, -0.15) is 0 Å². The Morgan fingerprint density at radius 2 is 1.76 bits per heavy atom. The SMILES string of the molecule is CCOC(=O)C1=C(c2ccc(C)cc2)c2c([nH]c3ccccc3c2=O)CCCC1. The van der Waals surface area contributed by atoms with E-state index in [1.807, 2.05) is 55.5 Å². The molecule has 0 atom stereocenters.